The Morgan fingerprint density at radius 3 is 2.69 bits per heavy atom. The van der Waals surface area contributed by atoms with Gasteiger partial charge >= 0.3 is 0 Å². The van der Waals surface area contributed by atoms with Crippen LogP contribution in [0, 0.1) is 0 Å². The molecule has 1 amide bonds. The zero-order chi connectivity index (χ0) is 23.8. The second-order valence-electron chi connectivity index (χ2n) is 9.30. The van der Waals surface area contributed by atoms with Gasteiger partial charge in [0.2, 0.25) is 0 Å². The van der Waals surface area contributed by atoms with Crippen molar-refractivity contribution in [1.29, 1.82) is 0 Å². The van der Waals surface area contributed by atoms with Crippen molar-refractivity contribution >= 4 is 17.4 Å². The summed E-state index contributed by atoms with van der Waals surface area (Å²) in [4.78, 5) is 31.6. The highest BCUT2D eigenvalue weighted by molar-refractivity contribution is 5.93. The summed E-state index contributed by atoms with van der Waals surface area (Å²) in [5, 5.41) is 4.44. The minimum absolute atomic E-state index is 0.00311. The molecule has 178 valence electrons. The number of anilines is 1. The van der Waals surface area contributed by atoms with Crippen molar-refractivity contribution in [1.82, 2.24) is 34.4 Å². The number of nitrogens with two attached hydrogens (primary N) is 1. The van der Waals surface area contributed by atoms with Gasteiger partial charge in [-0.05, 0) is 63.0 Å². The van der Waals surface area contributed by atoms with Crippen molar-refractivity contribution in [2.45, 2.75) is 31.7 Å². The van der Waals surface area contributed by atoms with Gasteiger partial charge in [-0.25, -0.2) is 14.5 Å². The number of likely N-dealkylation sites (tertiary alicyclic amines) is 2. The van der Waals surface area contributed by atoms with Crippen molar-refractivity contribution in [2.24, 2.45) is 0 Å². The summed E-state index contributed by atoms with van der Waals surface area (Å²) < 4.78 is 1.65. The predicted molar refractivity (Wildman–Crippen MR) is 134 cm³/mol. The molecule has 6 rings (SSSR count). The van der Waals surface area contributed by atoms with Crippen LogP contribution in [0.15, 0.2) is 55.0 Å². The molecule has 9 heteroatoms. The summed E-state index contributed by atoms with van der Waals surface area (Å²) >= 11 is 0. The smallest absolute Gasteiger partial charge is 0.272 e. The van der Waals surface area contributed by atoms with Gasteiger partial charge in [-0.3, -0.25) is 9.78 Å². The standard InChI is InChI=1S/C26H28N8O/c27-24-23(21-8-1-2-11-28-21)25-29-15-18(16-34(25)31-24)20-9-5-10-22(30-20)26(35)33-14-6-7-19(33)17-32-12-3-4-13-32/h1-2,5,8-11,15-16,19H,3-4,6-7,12-14,17H2,(H2,27,31)/t19-/m0/s1. The molecule has 4 aromatic rings. The number of hydrogen-bond acceptors (Lipinski definition) is 7. The fourth-order valence-corrected chi connectivity index (χ4v) is 5.26. The van der Waals surface area contributed by atoms with Crippen LogP contribution in [0.2, 0.25) is 0 Å². The first kappa shape index (κ1) is 21.7. The van der Waals surface area contributed by atoms with E-state index in [4.69, 9.17) is 10.7 Å². The molecular weight excluding hydrogens is 440 g/mol. The van der Waals surface area contributed by atoms with Crippen molar-refractivity contribution < 1.29 is 4.79 Å². The number of rotatable bonds is 5. The van der Waals surface area contributed by atoms with E-state index in [0.717, 1.165) is 50.3 Å². The highest BCUT2D eigenvalue weighted by Crippen LogP contribution is 2.29. The van der Waals surface area contributed by atoms with Crippen LogP contribution in [-0.2, 0) is 0 Å². The van der Waals surface area contributed by atoms with Crippen molar-refractivity contribution in [3.8, 4) is 22.5 Å². The molecule has 0 spiro atoms. The van der Waals surface area contributed by atoms with Gasteiger partial charge in [0.1, 0.15) is 5.69 Å². The fourth-order valence-electron chi connectivity index (χ4n) is 5.26. The number of hydrogen-bond donors (Lipinski definition) is 1. The molecule has 2 saturated heterocycles. The Morgan fingerprint density at radius 1 is 1.00 bits per heavy atom. The number of fused-ring (bicyclic) bond motifs is 1. The normalized spacial score (nSPS) is 18.5. The van der Waals surface area contributed by atoms with E-state index in [1.54, 1.807) is 23.0 Å². The summed E-state index contributed by atoms with van der Waals surface area (Å²) in [5.41, 5.74) is 10.1. The van der Waals surface area contributed by atoms with Gasteiger partial charge in [0.15, 0.2) is 11.5 Å². The van der Waals surface area contributed by atoms with Crippen LogP contribution < -0.4 is 5.73 Å². The first-order valence-corrected chi connectivity index (χ1v) is 12.2. The van der Waals surface area contributed by atoms with Crippen LogP contribution in [0.1, 0.15) is 36.2 Å². The van der Waals surface area contributed by atoms with E-state index in [1.165, 1.54) is 12.8 Å². The molecule has 4 aromatic heterocycles. The third-order valence-corrected chi connectivity index (χ3v) is 6.99. The Kier molecular flexibility index (Phi) is 5.61. The minimum Gasteiger partial charge on any atom is -0.382 e. The van der Waals surface area contributed by atoms with Crippen molar-refractivity contribution in [2.75, 3.05) is 31.9 Å². The minimum atomic E-state index is 0.00311. The zero-order valence-electron chi connectivity index (χ0n) is 19.5. The Labute approximate surface area is 203 Å². The third-order valence-electron chi connectivity index (χ3n) is 6.99. The van der Waals surface area contributed by atoms with Gasteiger partial charge in [0.25, 0.3) is 5.91 Å². The van der Waals surface area contributed by atoms with E-state index in [2.05, 4.69) is 20.0 Å². The molecule has 0 unspecified atom stereocenters. The second-order valence-corrected chi connectivity index (χ2v) is 9.30. The number of amides is 1. The van der Waals surface area contributed by atoms with Gasteiger partial charge in [-0.15, -0.1) is 5.10 Å². The SMILES string of the molecule is Nc1nn2cc(-c3cccc(C(=O)N4CCC[C@H]4CN4CCCC4)n3)cnc2c1-c1ccccn1. The molecule has 0 bridgehead atoms. The molecule has 0 aromatic carbocycles. The monoisotopic (exact) mass is 468 g/mol. The second kappa shape index (κ2) is 9.07. The number of carbonyl (C=O) groups is 1. The van der Waals surface area contributed by atoms with E-state index in [9.17, 15) is 4.79 Å². The molecule has 1 atom stereocenters. The molecule has 35 heavy (non-hydrogen) atoms. The lowest BCUT2D eigenvalue weighted by Gasteiger charge is -2.28. The molecule has 2 N–H and O–H groups in total. The molecule has 9 nitrogen and oxygen atoms in total. The molecule has 0 radical (unpaired) electrons. The fraction of sp³-hybridized carbons (Fsp3) is 0.346. The van der Waals surface area contributed by atoms with Crippen LogP contribution in [-0.4, -0.2) is 72.5 Å². The predicted octanol–water partition coefficient (Wildman–Crippen LogP) is 3.14. The number of nitrogens with zero attached hydrogens (tertiary/aromatic N) is 7. The lowest BCUT2D eigenvalue weighted by atomic mass is 10.1. The van der Waals surface area contributed by atoms with Crippen LogP contribution in [0.25, 0.3) is 28.2 Å². The molecule has 0 saturated carbocycles. The number of aromatic nitrogens is 5. The van der Waals surface area contributed by atoms with Crippen molar-refractivity contribution in [3.63, 3.8) is 0 Å². The maximum absolute atomic E-state index is 13.4. The van der Waals surface area contributed by atoms with Crippen LogP contribution >= 0.6 is 0 Å². The largest absolute Gasteiger partial charge is 0.382 e. The van der Waals surface area contributed by atoms with Gasteiger partial charge in [-0.1, -0.05) is 12.1 Å². The molecule has 2 aliphatic heterocycles. The molecular formula is C26H28N8O. The quantitative estimate of drug-likeness (QED) is 0.480. The van der Waals surface area contributed by atoms with Crippen molar-refractivity contribution in [3.05, 3.63) is 60.7 Å². The highest BCUT2D eigenvalue weighted by atomic mass is 16.2. The highest BCUT2D eigenvalue weighted by Gasteiger charge is 2.32. The Hall–Kier alpha value is -3.85. The molecule has 0 aliphatic carbocycles. The number of nitrogen functional groups attached to an aromatic ring is 1. The summed E-state index contributed by atoms with van der Waals surface area (Å²) in [6.45, 7) is 4.04. The van der Waals surface area contributed by atoms with E-state index < -0.39 is 0 Å². The molecule has 2 aliphatic rings. The van der Waals surface area contributed by atoms with Gasteiger partial charge in [-0.2, -0.15) is 0 Å². The first-order valence-electron chi connectivity index (χ1n) is 12.2. The van der Waals surface area contributed by atoms with Crippen LogP contribution in [0.4, 0.5) is 5.82 Å². The lowest BCUT2D eigenvalue weighted by Crippen LogP contribution is -2.42. The summed E-state index contributed by atoms with van der Waals surface area (Å²) in [5.74, 6) is 0.367. The van der Waals surface area contributed by atoms with E-state index in [-0.39, 0.29) is 11.9 Å². The summed E-state index contributed by atoms with van der Waals surface area (Å²) in [6, 6.07) is 11.5. The zero-order valence-corrected chi connectivity index (χ0v) is 19.5. The van der Waals surface area contributed by atoms with Crippen LogP contribution in [0.3, 0.4) is 0 Å². The Balaban J connectivity index is 1.27. The van der Waals surface area contributed by atoms with E-state index >= 15 is 0 Å². The van der Waals surface area contributed by atoms with Crippen LogP contribution in [0.5, 0.6) is 0 Å². The Bertz CT molecular complexity index is 1360. The molecule has 2 fully saturated rings. The lowest BCUT2D eigenvalue weighted by molar-refractivity contribution is 0.0703. The summed E-state index contributed by atoms with van der Waals surface area (Å²) in [7, 11) is 0. The Morgan fingerprint density at radius 2 is 1.86 bits per heavy atom. The average molecular weight is 469 g/mol. The van der Waals surface area contributed by atoms with Gasteiger partial charge < -0.3 is 15.5 Å². The third kappa shape index (κ3) is 4.12. The number of carbonyl (C=O) groups excluding carboxylic acids is 1. The summed E-state index contributed by atoms with van der Waals surface area (Å²) in [6.07, 6.45) is 9.92. The topological polar surface area (TPSA) is 106 Å². The van der Waals surface area contributed by atoms with E-state index in [1.807, 2.05) is 41.4 Å². The maximum atomic E-state index is 13.4. The van der Waals surface area contributed by atoms with Gasteiger partial charge in [0, 0.05) is 43.3 Å². The number of pyridine rings is 2. The molecule has 6 heterocycles. The first-order chi connectivity index (χ1) is 17.2. The van der Waals surface area contributed by atoms with Gasteiger partial charge in [0.05, 0.1) is 17.0 Å². The van der Waals surface area contributed by atoms with E-state index in [0.29, 0.717) is 28.4 Å². The maximum Gasteiger partial charge on any atom is 0.272 e. The average Bonchev–Trinajstić information content (AvgIpc) is 3.64.